The molecule has 6 heteroatoms. The fourth-order valence-corrected chi connectivity index (χ4v) is 2.42. The summed E-state index contributed by atoms with van der Waals surface area (Å²) < 4.78 is 5.17. The molecule has 6 nitrogen and oxygen atoms in total. The Morgan fingerprint density at radius 1 is 1.50 bits per heavy atom. The quantitative estimate of drug-likeness (QED) is 0.770. The maximum absolute atomic E-state index is 12.1. The lowest BCUT2D eigenvalue weighted by Gasteiger charge is -2.19. The van der Waals surface area contributed by atoms with E-state index in [0.717, 1.165) is 12.1 Å². The van der Waals surface area contributed by atoms with Crippen LogP contribution in [0.15, 0.2) is 6.07 Å². The lowest BCUT2D eigenvalue weighted by molar-refractivity contribution is 0.000182. The molecule has 0 unspecified atom stereocenters. The minimum absolute atomic E-state index is 0.0838. The number of H-pyrrole nitrogens is 1. The minimum atomic E-state index is -0.662. The van der Waals surface area contributed by atoms with Crippen LogP contribution in [0.2, 0.25) is 0 Å². The first kappa shape index (κ1) is 15.0. The van der Waals surface area contributed by atoms with Crippen LogP contribution in [-0.2, 0) is 10.2 Å². The molecule has 20 heavy (non-hydrogen) atoms. The fraction of sp³-hybridized carbons (Fsp3) is 0.714. The SMILES string of the molecule is CO[C@@H]1CC[C@@H](NC(=O)c2cc(C(C)(C)C)[nH]n2)[C@H]1O. The molecule has 0 saturated heterocycles. The van der Waals surface area contributed by atoms with Gasteiger partial charge in [0.25, 0.3) is 5.91 Å². The van der Waals surface area contributed by atoms with Crippen LogP contribution in [-0.4, -0.2) is 46.6 Å². The molecule has 1 aromatic heterocycles. The van der Waals surface area contributed by atoms with Gasteiger partial charge < -0.3 is 15.2 Å². The van der Waals surface area contributed by atoms with Gasteiger partial charge in [0.1, 0.15) is 11.8 Å². The number of aromatic amines is 1. The monoisotopic (exact) mass is 281 g/mol. The van der Waals surface area contributed by atoms with E-state index in [9.17, 15) is 9.90 Å². The van der Waals surface area contributed by atoms with Crippen molar-refractivity contribution in [1.82, 2.24) is 15.5 Å². The molecule has 0 radical (unpaired) electrons. The largest absolute Gasteiger partial charge is 0.388 e. The van der Waals surface area contributed by atoms with Crippen LogP contribution in [0.1, 0.15) is 49.8 Å². The Morgan fingerprint density at radius 2 is 2.20 bits per heavy atom. The van der Waals surface area contributed by atoms with Crippen molar-refractivity contribution in [3.05, 3.63) is 17.5 Å². The second-order valence-corrected chi connectivity index (χ2v) is 6.34. The molecule has 1 aliphatic carbocycles. The summed E-state index contributed by atoms with van der Waals surface area (Å²) >= 11 is 0. The van der Waals surface area contributed by atoms with E-state index in [2.05, 4.69) is 15.5 Å². The molecule has 0 bridgehead atoms. The third kappa shape index (κ3) is 3.02. The zero-order valence-electron chi connectivity index (χ0n) is 12.4. The van der Waals surface area contributed by atoms with Crippen LogP contribution in [0.5, 0.6) is 0 Å². The van der Waals surface area contributed by atoms with Gasteiger partial charge in [0.05, 0.1) is 12.1 Å². The van der Waals surface area contributed by atoms with E-state index in [4.69, 9.17) is 4.74 Å². The van der Waals surface area contributed by atoms with Crippen molar-refractivity contribution < 1.29 is 14.6 Å². The van der Waals surface area contributed by atoms with Crippen LogP contribution >= 0.6 is 0 Å². The summed E-state index contributed by atoms with van der Waals surface area (Å²) in [5.74, 6) is -0.266. The normalized spacial score (nSPS) is 26.8. The van der Waals surface area contributed by atoms with Gasteiger partial charge in [-0.3, -0.25) is 9.89 Å². The predicted octanol–water partition coefficient (Wildman–Crippen LogP) is 0.975. The average Bonchev–Trinajstić information content (AvgIpc) is 2.97. The van der Waals surface area contributed by atoms with Crippen LogP contribution in [0, 0.1) is 0 Å². The molecule has 3 atom stereocenters. The first-order valence-electron chi connectivity index (χ1n) is 6.90. The van der Waals surface area contributed by atoms with Gasteiger partial charge in [-0.1, -0.05) is 20.8 Å². The zero-order chi connectivity index (χ0) is 14.9. The van der Waals surface area contributed by atoms with Crippen LogP contribution in [0.25, 0.3) is 0 Å². The van der Waals surface area contributed by atoms with E-state index in [0.29, 0.717) is 12.1 Å². The van der Waals surface area contributed by atoms with Crippen LogP contribution in [0.4, 0.5) is 0 Å². The van der Waals surface area contributed by atoms with E-state index >= 15 is 0 Å². The Hall–Kier alpha value is -1.40. The third-order valence-electron chi connectivity index (χ3n) is 3.79. The Kier molecular flexibility index (Phi) is 4.15. The summed E-state index contributed by atoms with van der Waals surface area (Å²) in [7, 11) is 1.57. The Balaban J connectivity index is 2.01. The predicted molar refractivity (Wildman–Crippen MR) is 74.6 cm³/mol. The molecule has 0 aromatic carbocycles. The number of amides is 1. The van der Waals surface area contributed by atoms with E-state index in [1.807, 2.05) is 20.8 Å². The third-order valence-corrected chi connectivity index (χ3v) is 3.79. The number of rotatable bonds is 3. The minimum Gasteiger partial charge on any atom is -0.388 e. The second-order valence-electron chi connectivity index (χ2n) is 6.34. The highest BCUT2D eigenvalue weighted by molar-refractivity contribution is 5.92. The maximum Gasteiger partial charge on any atom is 0.272 e. The molecule has 1 aliphatic rings. The number of hydrogen-bond donors (Lipinski definition) is 3. The summed E-state index contributed by atoms with van der Waals surface area (Å²) in [4.78, 5) is 12.1. The van der Waals surface area contributed by atoms with Gasteiger partial charge in [-0.05, 0) is 18.9 Å². The molecule has 1 saturated carbocycles. The topological polar surface area (TPSA) is 87.2 Å². The molecule has 3 N–H and O–H groups in total. The number of nitrogens with zero attached hydrogens (tertiary/aromatic N) is 1. The number of hydrogen-bond acceptors (Lipinski definition) is 4. The molecule has 1 aromatic rings. The summed E-state index contributed by atoms with van der Waals surface area (Å²) in [5.41, 5.74) is 1.17. The molecule has 1 fully saturated rings. The molecule has 1 heterocycles. The Morgan fingerprint density at radius 3 is 2.70 bits per heavy atom. The van der Waals surface area contributed by atoms with Crippen molar-refractivity contribution in [2.45, 2.75) is 57.3 Å². The molecule has 2 rings (SSSR count). The highest BCUT2D eigenvalue weighted by atomic mass is 16.5. The van der Waals surface area contributed by atoms with Gasteiger partial charge in [0.2, 0.25) is 0 Å². The number of aromatic nitrogens is 2. The molecule has 0 aliphatic heterocycles. The average molecular weight is 281 g/mol. The number of aliphatic hydroxyl groups is 1. The molecule has 1 amide bonds. The Bertz CT molecular complexity index is 478. The van der Waals surface area contributed by atoms with E-state index in [1.54, 1.807) is 13.2 Å². The van der Waals surface area contributed by atoms with Gasteiger partial charge >= 0.3 is 0 Å². The van der Waals surface area contributed by atoms with Gasteiger partial charge in [-0.2, -0.15) is 5.10 Å². The lowest BCUT2D eigenvalue weighted by Crippen LogP contribution is -2.43. The van der Waals surface area contributed by atoms with Crippen molar-refractivity contribution in [1.29, 1.82) is 0 Å². The van der Waals surface area contributed by atoms with Gasteiger partial charge in [-0.15, -0.1) is 0 Å². The van der Waals surface area contributed by atoms with Crippen LogP contribution < -0.4 is 5.32 Å². The second kappa shape index (κ2) is 5.54. The van der Waals surface area contributed by atoms with E-state index in [1.165, 1.54) is 0 Å². The fourth-order valence-electron chi connectivity index (χ4n) is 2.42. The Labute approximate surface area is 118 Å². The summed E-state index contributed by atoms with van der Waals surface area (Å²) in [5, 5.41) is 19.8. The van der Waals surface area contributed by atoms with Crippen molar-refractivity contribution in [2.24, 2.45) is 0 Å². The highest BCUT2D eigenvalue weighted by Gasteiger charge is 2.36. The number of aliphatic hydroxyl groups excluding tert-OH is 1. The highest BCUT2D eigenvalue weighted by Crippen LogP contribution is 2.23. The van der Waals surface area contributed by atoms with E-state index < -0.39 is 6.10 Å². The van der Waals surface area contributed by atoms with Crippen molar-refractivity contribution >= 4 is 5.91 Å². The van der Waals surface area contributed by atoms with Crippen molar-refractivity contribution in [3.63, 3.8) is 0 Å². The number of carbonyl (C=O) groups excluding carboxylic acids is 1. The first-order chi connectivity index (χ1) is 9.32. The molecular formula is C14H23N3O3. The number of carbonyl (C=O) groups is 1. The molecule has 112 valence electrons. The van der Waals surface area contributed by atoms with Crippen LogP contribution in [0.3, 0.4) is 0 Å². The maximum atomic E-state index is 12.1. The number of methoxy groups -OCH3 is 1. The van der Waals surface area contributed by atoms with Gasteiger partial charge in [0.15, 0.2) is 0 Å². The summed E-state index contributed by atoms with van der Waals surface area (Å²) in [6, 6.07) is 1.48. The molecular weight excluding hydrogens is 258 g/mol. The zero-order valence-corrected chi connectivity index (χ0v) is 12.4. The van der Waals surface area contributed by atoms with Gasteiger partial charge in [-0.25, -0.2) is 0 Å². The van der Waals surface area contributed by atoms with Crippen molar-refractivity contribution in [2.75, 3.05) is 7.11 Å². The lowest BCUT2D eigenvalue weighted by atomic mass is 9.92. The smallest absolute Gasteiger partial charge is 0.272 e. The van der Waals surface area contributed by atoms with Crippen molar-refractivity contribution in [3.8, 4) is 0 Å². The standard InChI is InChI=1S/C14H23N3O3/c1-14(2,3)11-7-9(16-17-11)13(19)15-8-5-6-10(20-4)12(8)18/h7-8,10,12,18H,5-6H2,1-4H3,(H,15,19)(H,16,17)/t8-,10-,12-/m1/s1. The first-order valence-corrected chi connectivity index (χ1v) is 6.90. The molecule has 0 spiro atoms. The number of nitrogens with one attached hydrogen (secondary N) is 2. The summed E-state index contributed by atoms with van der Waals surface area (Å²) in [6.07, 6.45) is 0.591. The number of ether oxygens (including phenoxy) is 1. The summed E-state index contributed by atoms with van der Waals surface area (Å²) in [6.45, 7) is 6.14. The van der Waals surface area contributed by atoms with Gasteiger partial charge in [0, 0.05) is 18.2 Å². The van der Waals surface area contributed by atoms with E-state index in [-0.39, 0.29) is 23.5 Å².